The maximum absolute atomic E-state index is 5.91. The third kappa shape index (κ3) is 3.89. The summed E-state index contributed by atoms with van der Waals surface area (Å²) in [5.41, 5.74) is 2.14. The van der Waals surface area contributed by atoms with Crippen LogP contribution in [0.15, 0.2) is 9.52 Å². The summed E-state index contributed by atoms with van der Waals surface area (Å²) in [7, 11) is 1.83. The molecule has 0 amide bonds. The number of morpholine rings is 1. The van der Waals surface area contributed by atoms with Gasteiger partial charge in [-0.05, 0) is 33.1 Å². The van der Waals surface area contributed by atoms with E-state index in [1.165, 1.54) is 5.56 Å². The molecule has 7 nitrogen and oxygen atoms in total. The molecule has 24 heavy (non-hydrogen) atoms. The van der Waals surface area contributed by atoms with E-state index in [-0.39, 0.29) is 12.2 Å². The maximum atomic E-state index is 5.91. The highest BCUT2D eigenvalue weighted by Crippen LogP contribution is 2.21. The fourth-order valence-electron chi connectivity index (χ4n) is 3.48. The topological polar surface area (TPSA) is 72.1 Å². The largest absolute Gasteiger partial charge is 0.375 e. The van der Waals surface area contributed by atoms with Crippen molar-refractivity contribution in [2.75, 3.05) is 39.9 Å². The highest BCUT2D eigenvalue weighted by Gasteiger charge is 2.32. The Kier molecular flexibility index (Phi) is 5.73. The molecule has 2 aliphatic heterocycles. The Morgan fingerprint density at radius 3 is 2.79 bits per heavy atom. The van der Waals surface area contributed by atoms with Crippen LogP contribution in [0.4, 0.5) is 0 Å². The number of nitrogens with zero attached hydrogens (tertiary/aromatic N) is 3. The van der Waals surface area contributed by atoms with Crippen LogP contribution in [-0.2, 0) is 15.9 Å². The van der Waals surface area contributed by atoms with E-state index in [0.29, 0.717) is 0 Å². The summed E-state index contributed by atoms with van der Waals surface area (Å²) >= 11 is 0. The van der Waals surface area contributed by atoms with Crippen LogP contribution in [0.1, 0.15) is 29.9 Å². The molecule has 0 radical (unpaired) electrons. The summed E-state index contributed by atoms with van der Waals surface area (Å²) in [6, 6.07) is 0. The fraction of sp³-hybridized carbons (Fsp3) is 0.765. The zero-order valence-corrected chi connectivity index (χ0v) is 14.9. The van der Waals surface area contributed by atoms with Gasteiger partial charge in [0, 0.05) is 38.9 Å². The zero-order valence-electron chi connectivity index (χ0n) is 14.9. The average Bonchev–Trinajstić information content (AvgIpc) is 3.24. The molecule has 2 atom stereocenters. The second kappa shape index (κ2) is 7.98. The molecular weight excluding hydrogens is 308 g/mol. The van der Waals surface area contributed by atoms with Crippen LogP contribution in [0, 0.1) is 13.8 Å². The van der Waals surface area contributed by atoms with Gasteiger partial charge in [-0.25, -0.2) is 0 Å². The molecule has 0 aromatic carbocycles. The van der Waals surface area contributed by atoms with Crippen LogP contribution in [-0.4, -0.2) is 68.1 Å². The SMILES string of the molecule is CN=C(NCCc1c(C)noc1C)N1CCOC(C2CCCO2)C1. The molecule has 2 unspecified atom stereocenters. The Hall–Kier alpha value is -1.60. The van der Waals surface area contributed by atoms with E-state index < -0.39 is 0 Å². The number of aromatic nitrogens is 1. The van der Waals surface area contributed by atoms with Gasteiger partial charge in [0.1, 0.15) is 11.9 Å². The van der Waals surface area contributed by atoms with E-state index in [1.54, 1.807) is 0 Å². The maximum Gasteiger partial charge on any atom is 0.193 e. The number of guanidine groups is 1. The molecule has 2 fully saturated rings. The average molecular weight is 336 g/mol. The lowest BCUT2D eigenvalue weighted by Crippen LogP contribution is -2.53. The number of aliphatic imine (C=N–C) groups is 1. The molecule has 0 bridgehead atoms. The lowest BCUT2D eigenvalue weighted by Gasteiger charge is -2.37. The molecule has 0 aliphatic carbocycles. The van der Waals surface area contributed by atoms with Gasteiger partial charge in [-0.3, -0.25) is 4.99 Å². The second-order valence-electron chi connectivity index (χ2n) is 6.43. The van der Waals surface area contributed by atoms with Gasteiger partial charge in [0.05, 0.1) is 18.4 Å². The summed E-state index contributed by atoms with van der Waals surface area (Å²) in [6.07, 6.45) is 3.47. The van der Waals surface area contributed by atoms with Crippen LogP contribution in [0.2, 0.25) is 0 Å². The molecule has 3 heterocycles. The predicted octanol–water partition coefficient (Wildman–Crippen LogP) is 1.29. The first-order valence-corrected chi connectivity index (χ1v) is 8.79. The quantitative estimate of drug-likeness (QED) is 0.660. The monoisotopic (exact) mass is 336 g/mol. The Labute approximate surface area is 143 Å². The van der Waals surface area contributed by atoms with Gasteiger partial charge in [-0.2, -0.15) is 0 Å². The number of ether oxygens (including phenoxy) is 2. The fourth-order valence-corrected chi connectivity index (χ4v) is 3.48. The van der Waals surface area contributed by atoms with Gasteiger partial charge >= 0.3 is 0 Å². The summed E-state index contributed by atoms with van der Waals surface area (Å²) < 4.78 is 16.9. The molecule has 3 rings (SSSR count). The van der Waals surface area contributed by atoms with E-state index in [2.05, 4.69) is 20.4 Å². The van der Waals surface area contributed by atoms with Crippen molar-refractivity contribution in [1.82, 2.24) is 15.4 Å². The minimum atomic E-state index is 0.141. The van der Waals surface area contributed by atoms with Gasteiger partial charge < -0.3 is 24.2 Å². The lowest BCUT2D eigenvalue weighted by atomic mass is 10.1. The summed E-state index contributed by atoms with van der Waals surface area (Å²) in [4.78, 5) is 6.70. The number of nitrogens with one attached hydrogen (secondary N) is 1. The number of hydrogen-bond donors (Lipinski definition) is 1. The third-order valence-electron chi connectivity index (χ3n) is 4.82. The molecule has 1 N–H and O–H groups in total. The second-order valence-corrected chi connectivity index (χ2v) is 6.43. The normalized spacial score (nSPS) is 25.3. The lowest BCUT2D eigenvalue weighted by molar-refractivity contribution is -0.0816. The van der Waals surface area contributed by atoms with Crippen molar-refractivity contribution in [3.05, 3.63) is 17.0 Å². The smallest absolute Gasteiger partial charge is 0.193 e. The minimum absolute atomic E-state index is 0.141. The van der Waals surface area contributed by atoms with Gasteiger partial charge in [0.25, 0.3) is 0 Å². The van der Waals surface area contributed by atoms with Gasteiger partial charge in [-0.15, -0.1) is 0 Å². The predicted molar refractivity (Wildman–Crippen MR) is 91.3 cm³/mol. The Balaban J connectivity index is 1.52. The van der Waals surface area contributed by atoms with Crippen LogP contribution in [0.5, 0.6) is 0 Å². The summed E-state index contributed by atoms with van der Waals surface area (Å²) in [5, 5.41) is 7.46. The van der Waals surface area contributed by atoms with Gasteiger partial charge in [-0.1, -0.05) is 5.16 Å². The molecule has 2 aliphatic rings. The standard InChI is InChI=1S/C17H28N4O3/c1-12-14(13(2)24-20-12)6-7-19-17(18-3)21-8-10-23-16(11-21)15-5-4-9-22-15/h15-16H,4-11H2,1-3H3,(H,18,19). The number of hydrogen-bond acceptors (Lipinski definition) is 5. The van der Waals surface area contributed by atoms with Crippen molar-refractivity contribution in [1.29, 1.82) is 0 Å². The molecule has 2 saturated heterocycles. The van der Waals surface area contributed by atoms with Crippen molar-refractivity contribution in [3.63, 3.8) is 0 Å². The van der Waals surface area contributed by atoms with E-state index in [9.17, 15) is 0 Å². The van der Waals surface area contributed by atoms with Crippen molar-refractivity contribution < 1.29 is 14.0 Å². The molecule has 7 heteroatoms. The minimum Gasteiger partial charge on any atom is -0.375 e. The first kappa shape index (κ1) is 17.2. The highest BCUT2D eigenvalue weighted by atomic mass is 16.5. The summed E-state index contributed by atoms with van der Waals surface area (Å²) in [5.74, 6) is 1.82. The molecule has 0 saturated carbocycles. The third-order valence-corrected chi connectivity index (χ3v) is 4.82. The van der Waals surface area contributed by atoms with E-state index in [0.717, 1.165) is 69.5 Å². The van der Waals surface area contributed by atoms with Gasteiger partial charge in [0.2, 0.25) is 0 Å². The molecular formula is C17H28N4O3. The molecule has 0 spiro atoms. The molecule has 1 aromatic heterocycles. The van der Waals surface area contributed by atoms with Crippen molar-refractivity contribution in [2.45, 2.75) is 45.3 Å². The molecule has 1 aromatic rings. The first-order valence-electron chi connectivity index (χ1n) is 8.79. The highest BCUT2D eigenvalue weighted by molar-refractivity contribution is 5.80. The Morgan fingerprint density at radius 2 is 2.12 bits per heavy atom. The number of rotatable bonds is 4. The van der Waals surface area contributed by atoms with Crippen molar-refractivity contribution in [3.8, 4) is 0 Å². The van der Waals surface area contributed by atoms with Crippen LogP contribution >= 0.6 is 0 Å². The van der Waals surface area contributed by atoms with E-state index in [4.69, 9.17) is 14.0 Å². The summed E-state index contributed by atoms with van der Waals surface area (Å²) in [6.45, 7) is 8.00. The Morgan fingerprint density at radius 1 is 1.29 bits per heavy atom. The van der Waals surface area contributed by atoms with E-state index in [1.807, 2.05) is 20.9 Å². The first-order chi connectivity index (χ1) is 11.7. The van der Waals surface area contributed by atoms with Crippen molar-refractivity contribution in [2.24, 2.45) is 4.99 Å². The zero-order chi connectivity index (χ0) is 16.9. The van der Waals surface area contributed by atoms with Crippen LogP contribution in [0.25, 0.3) is 0 Å². The molecule has 134 valence electrons. The Bertz CT molecular complexity index is 547. The van der Waals surface area contributed by atoms with Gasteiger partial charge in [0.15, 0.2) is 5.96 Å². The van der Waals surface area contributed by atoms with Crippen molar-refractivity contribution >= 4 is 5.96 Å². The number of aryl methyl sites for hydroxylation is 2. The van der Waals surface area contributed by atoms with Crippen LogP contribution in [0.3, 0.4) is 0 Å². The van der Waals surface area contributed by atoms with Crippen LogP contribution < -0.4 is 5.32 Å². The van der Waals surface area contributed by atoms with E-state index >= 15 is 0 Å².